The summed E-state index contributed by atoms with van der Waals surface area (Å²) >= 11 is 0. The number of aromatic nitrogens is 4. The lowest BCUT2D eigenvalue weighted by Gasteiger charge is -2.09. The number of furan rings is 1. The van der Waals surface area contributed by atoms with Gasteiger partial charge in [0.05, 0.1) is 11.8 Å². The maximum Gasteiger partial charge on any atom is 0.303 e. The first-order chi connectivity index (χ1) is 9.11. The van der Waals surface area contributed by atoms with E-state index in [1.807, 2.05) is 19.9 Å². The highest BCUT2D eigenvalue weighted by molar-refractivity contribution is 5.67. The predicted molar refractivity (Wildman–Crippen MR) is 66.3 cm³/mol. The van der Waals surface area contributed by atoms with Crippen molar-refractivity contribution < 1.29 is 14.3 Å². The van der Waals surface area contributed by atoms with Gasteiger partial charge in [-0.05, 0) is 22.4 Å². The van der Waals surface area contributed by atoms with E-state index in [1.165, 1.54) is 0 Å². The standard InChI is InChI=1S/C12H16N4O3/c1-3-10-9(4-5-19-10)12-13-14-15-16(12)7-8(2)6-11(17)18/h4-5,8H,3,6-7H2,1-2H3,(H,17,18). The molecule has 2 aromatic heterocycles. The van der Waals surface area contributed by atoms with E-state index >= 15 is 0 Å². The van der Waals surface area contributed by atoms with Crippen molar-refractivity contribution in [2.75, 3.05) is 0 Å². The predicted octanol–water partition coefficient (Wildman–Crippen LogP) is 1.61. The van der Waals surface area contributed by atoms with Gasteiger partial charge in [0.1, 0.15) is 5.76 Å². The Hall–Kier alpha value is -2.18. The molecule has 0 aliphatic carbocycles. The van der Waals surface area contributed by atoms with E-state index in [-0.39, 0.29) is 12.3 Å². The molecule has 2 rings (SSSR count). The average Bonchev–Trinajstić information content (AvgIpc) is 2.94. The summed E-state index contributed by atoms with van der Waals surface area (Å²) in [5.74, 6) is 0.571. The Labute approximate surface area is 110 Å². The number of aliphatic carboxylic acids is 1. The molecule has 0 saturated carbocycles. The van der Waals surface area contributed by atoms with Crippen LogP contribution in [0.25, 0.3) is 11.4 Å². The van der Waals surface area contributed by atoms with Crippen molar-refractivity contribution >= 4 is 5.97 Å². The molecule has 2 aromatic rings. The quantitative estimate of drug-likeness (QED) is 0.851. The zero-order valence-electron chi connectivity index (χ0n) is 10.9. The number of nitrogens with zero attached hydrogens (tertiary/aromatic N) is 4. The molecule has 0 aliphatic heterocycles. The molecule has 0 aromatic carbocycles. The zero-order chi connectivity index (χ0) is 13.8. The number of carboxylic acids is 1. The van der Waals surface area contributed by atoms with E-state index in [4.69, 9.17) is 9.52 Å². The van der Waals surface area contributed by atoms with Crippen LogP contribution in [-0.2, 0) is 17.8 Å². The minimum atomic E-state index is -0.820. The zero-order valence-corrected chi connectivity index (χ0v) is 10.9. The van der Waals surface area contributed by atoms with E-state index in [0.29, 0.717) is 12.4 Å². The first-order valence-corrected chi connectivity index (χ1v) is 6.16. The summed E-state index contributed by atoms with van der Waals surface area (Å²) in [6.07, 6.45) is 2.44. The number of hydrogen-bond donors (Lipinski definition) is 1. The van der Waals surface area contributed by atoms with Crippen molar-refractivity contribution in [2.45, 2.75) is 33.2 Å². The van der Waals surface area contributed by atoms with Crippen LogP contribution in [0.4, 0.5) is 0 Å². The van der Waals surface area contributed by atoms with Crippen LogP contribution in [0.5, 0.6) is 0 Å². The van der Waals surface area contributed by atoms with Gasteiger partial charge in [-0.25, -0.2) is 4.68 Å². The minimum Gasteiger partial charge on any atom is -0.481 e. The first-order valence-electron chi connectivity index (χ1n) is 6.16. The van der Waals surface area contributed by atoms with Crippen LogP contribution in [0.1, 0.15) is 26.0 Å². The van der Waals surface area contributed by atoms with Crippen LogP contribution < -0.4 is 0 Å². The van der Waals surface area contributed by atoms with Crippen LogP contribution >= 0.6 is 0 Å². The molecule has 0 amide bonds. The Balaban J connectivity index is 2.20. The average molecular weight is 264 g/mol. The van der Waals surface area contributed by atoms with Gasteiger partial charge >= 0.3 is 5.97 Å². The fourth-order valence-corrected chi connectivity index (χ4v) is 1.99. The van der Waals surface area contributed by atoms with Gasteiger partial charge < -0.3 is 9.52 Å². The molecule has 2 heterocycles. The summed E-state index contributed by atoms with van der Waals surface area (Å²) in [5, 5.41) is 20.3. The molecular formula is C12H16N4O3. The summed E-state index contributed by atoms with van der Waals surface area (Å²) in [5.41, 5.74) is 0.857. The molecule has 102 valence electrons. The van der Waals surface area contributed by atoms with Gasteiger partial charge in [0.15, 0.2) is 5.82 Å². The molecule has 0 saturated heterocycles. The van der Waals surface area contributed by atoms with E-state index < -0.39 is 5.97 Å². The number of aryl methyl sites for hydroxylation is 1. The van der Waals surface area contributed by atoms with Gasteiger partial charge in [-0.1, -0.05) is 13.8 Å². The summed E-state index contributed by atoms with van der Waals surface area (Å²) in [6, 6.07) is 1.82. The van der Waals surface area contributed by atoms with Crippen LogP contribution in [-0.4, -0.2) is 31.3 Å². The number of carboxylic acid groups (broad SMARTS) is 1. The SMILES string of the molecule is CCc1occc1-c1nnnn1CC(C)CC(=O)O. The molecule has 0 radical (unpaired) electrons. The lowest BCUT2D eigenvalue weighted by molar-refractivity contribution is -0.138. The fourth-order valence-electron chi connectivity index (χ4n) is 1.99. The number of rotatable bonds is 6. The van der Waals surface area contributed by atoms with Crippen LogP contribution in [0, 0.1) is 5.92 Å². The smallest absolute Gasteiger partial charge is 0.303 e. The molecule has 1 atom stereocenters. The highest BCUT2D eigenvalue weighted by Gasteiger charge is 2.17. The summed E-state index contributed by atoms with van der Waals surface area (Å²) < 4.78 is 6.98. The molecule has 0 bridgehead atoms. The molecule has 7 nitrogen and oxygen atoms in total. The van der Waals surface area contributed by atoms with Crippen molar-refractivity contribution in [2.24, 2.45) is 5.92 Å². The molecule has 0 aliphatic rings. The largest absolute Gasteiger partial charge is 0.481 e. The lowest BCUT2D eigenvalue weighted by atomic mass is 10.1. The number of tetrazole rings is 1. The van der Waals surface area contributed by atoms with Gasteiger partial charge in [-0.2, -0.15) is 0 Å². The monoisotopic (exact) mass is 264 g/mol. The van der Waals surface area contributed by atoms with Gasteiger partial charge in [-0.3, -0.25) is 4.79 Å². The van der Waals surface area contributed by atoms with Crippen LogP contribution in [0.3, 0.4) is 0 Å². The van der Waals surface area contributed by atoms with Crippen molar-refractivity contribution in [3.05, 3.63) is 18.1 Å². The van der Waals surface area contributed by atoms with E-state index in [0.717, 1.165) is 17.7 Å². The van der Waals surface area contributed by atoms with Gasteiger partial charge in [0.25, 0.3) is 0 Å². The molecule has 7 heteroatoms. The molecular weight excluding hydrogens is 248 g/mol. The second-order valence-corrected chi connectivity index (χ2v) is 4.50. The number of carbonyl (C=O) groups is 1. The van der Waals surface area contributed by atoms with Crippen molar-refractivity contribution in [3.63, 3.8) is 0 Å². The topological polar surface area (TPSA) is 94.0 Å². The fraction of sp³-hybridized carbons (Fsp3) is 0.500. The minimum absolute atomic E-state index is 0.0447. The van der Waals surface area contributed by atoms with Gasteiger partial charge in [0.2, 0.25) is 0 Å². The lowest BCUT2D eigenvalue weighted by Crippen LogP contribution is -2.14. The summed E-state index contributed by atoms with van der Waals surface area (Å²) in [4.78, 5) is 10.7. The molecule has 0 fully saturated rings. The summed E-state index contributed by atoms with van der Waals surface area (Å²) in [7, 11) is 0. The number of hydrogen-bond acceptors (Lipinski definition) is 5. The third kappa shape index (κ3) is 2.98. The van der Waals surface area contributed by atoms with Crippen LogP contribution in [0.15, 0.2) is 16.7 Å². The van der Waals surface area contributed by atoms with Crippen LogP contribution in [0.2, 0.25) is 0 Å². The first kappa shape index (κ1) is 13.3. The van der Waals surface area contributed by atoms with Crippen molar-refractivity contribution in [1.82, 2.24) is 20.2 Å². The Bertz CT molecular complexity index is 561. The maximum atomic E-state index is 10.7. The summed E-state index contributed by atoms with van der Waals surface area (Å²) in [6.45, 7) is 4.31. The second kappa shape index (κ2) is 5.64. The molecule has 1 N–H and O–H groups in total. The normalized spacial score (nSPS) is 12.5. The Kier molecular flexibility index (Phi) is 3.94. The Morgan fingerprint density at radius 1 is 1.58 bits per heavy atom. The van der Waals surface area contributed by atoms with E-state index in [1.54, 1.807) is 10.9 Å². The highest BCUT2D eigenvalue weighted by atomic mass is 16.4. The third-order valence-corrected chi connectivity index (χ3v) is 2.85. The molecule has 1 unspecified atom stereocenters. The highest BCUT2D eigenvalue weighted by Crippen LogP contribution is 2.23. The molecule has 0 spiro atoms. The van der Waals surface area contributed by atoms with Gasteiger partial charge in [0, 0.05) is 19.4 Å². The molecule has 19 heavy (non-hydrogen) atoms. The Morgan fingerprint density at radius 3 is 3.05 bits per heavy atom. The van der Waals surface area contributed by atoms with Crippen molar-refractivity contribution in [3.8, 4) is 11.4 Å². The van der Waals surface area contributed by atoms with Gasteiger partial charge in [-0.15, -0.1) is 5.10 Å². The maximum absolute atomic E-state index is 10.7. The van der Waals surface area contributed by atoms with Crippen molar-refractivity contribution in [1.29, 1.82) is 0 Å². The second-order valence-electron chi connectivity index (χ2n) is 4.50. The van der Waals surface area contributed by atoms with E-state index in [9.17, 15) is 4.79 Å². The third-order valence-electron chi connectivity index (χ3n) is 2.85. The van der Waals surface area contributed by atoms with E-state index in [2.05, 4.69) is 15.5 Å². The Morgan fingerprint density at radius 2 is 2.37 bits per heavy atom.